The monoisotopic (exact) mass is 265 g/mol. The van der Waals surface area contributed by atoms with Crippen LogP contribution in [0.3, 0.4) is 0 Å². The van der Waals surface area contributed by atoms with Gasteiger partial charge in [-0.05, 0) is 6.92 Å². The summed E-state index contributed by atoms with van der Waals surface area (Å²) in [6.07, 6.45) is -0.146. The maximum Gasteiger partial charge on any atom is 0.304 e. The van der Waals surface area contributed by atoms with Crippen LogP contribution >= 0.6 is 0 Å². The van der Waals surface area contributed by atoms with Gasteiger partial charge in [0.25, 0.3) is 0 Å². The highest BCUT2D eigenvalue weighted by Crippen LogP contribution is 2.18. The van der Waals surface area contributed by atoms with Crippen LogP contribution in [0, 0.1) is 0 Å². The van der Waals surface area contributed by atoms with E-state index < -0.39 is 21.8 Å². The predicted octanol–water partition coefficient (Wildman–Crippen LogP) is -0.405. The summed E-state index contributed by atoms with van der Waals surface area (Å²) in [6, 6.07) is -0.420. The van der Waals surface area contributed by atoms with Crippen molar-refractivity contribution in [3.05, 3.63) is 0 Å². The highest BCUT2D eigenvalue weighted by molar-refractivity contribution is 7.91. The number of sulfone groups is 1. The Labute approximate surface area is 101 Å². The lowest BCUT2D eigenvalue weighted by molar-refractivity contribution is -0.138. The first-order chi connectivity index (χ1) is 7.85. The number of ether oxygens (including phenoxy) is 1. The molecule has 6 nitrogen and oxygen atoms in total. The van der Waals surface area contributed by atoms with Gasteiger partial charge in [-0.2, -0.15) is 0 Å². The summed E-state index contributed by atoms with van der Waals surface area (Å²) in [5.41, 5.74) is 0. The smallest absolute Gasteiger partial charge is 0.304 e. The third kappa shape index (κ3) is 4.25. The van der Waals surface area contributed by atoms with Crippen LogP contribution < -0.4 is 0 Å². The summed E-state index contributed by atoms with van der Waals surface area (Å²) >= 11 is 0. The Balaban J connectivity index is 2.76. The van der Waals surface area contributed by atoms with E-state index in [0.29, 0.717) is 13.2 Å². The van der Waals surface area contributed by atoms with Crippen LogP contribution in [-0.4, -0.2) is 68.2 Å². The molecule has 1 aliphatic heterocycles. The quantitative estimate of drug-likeness (QED) is 0.728. The van der Waals surface area contributed by atoms with Crippen LogP contribution in [0.1, 0.15) is 13.3 Å². The molecule has 0 aromatic rings. The summed E-state index contributed by atoms with van der Waals surface area (Å²) in [5.74, 6) is -0.952. The zero-order valence-corrected chi connectivity index (χ0v) is 10.9. The van der Waals surface area contributed by atoms with Gasteiger partial charge in [0.1, 0.15) is 0 Å². The van der Waals surface area contributed by atoms with E-state index in [1.54, 1.807) is 7.11 Å². The highest BCUT2D eigenvalue weighted by atomic mass is 32.2. The minimum Gasteiger partial charge on any atom is -0.481 e. The maximum atomic E-state index is 11.5. The minimum absolute atomic E-state index is 0.0276. The molecule has 1 aliphatic rings. The van der Waals surface area contributed by atoms with E-state index in [9.17, 15) is 13.2 Å². The normalized spacial score (nSPS) is 26.6. The standard InChI is InChI=1S/C10H19NO5S/c1-8(6-16-2)11-3-4-17(14,15)7-9(11)5-10(12)13/h8-9H,3-7H2,1-2H3,(H,12,13). The Bertz CT molecular complexity index is 367. The first-order valence-electron chi connectivity index (χ1n) is 5.52. The molecular weight excluding hydrogens is 246 g/mol. The largest absolute Gasteiger partial charge is 0.481 e. The molecule has 0 aromatic heterocycles. The lowest BCUT2D eigenvalue weighted by atomic mass is 10.1. The molecule has 2 atom stereocenters. The van der Waals surface area contributed by atoms with Crippen molar-refractivity contribution in [2.75, 3.05) is 31.8 Å². The molecular formula is C10H19NO5S. The van der Waals surface area contributed by atoms with Gasteiger partial charge in [0.2, 0.25) is 0 Å². The minimum atomic E-state index is -3.10. The van der Waals surface area contributed by atoms with Crippen molar-refractivity contribution >= 4 is 15.8 Å². The van der Waals surface area contributed by atoms with Gasteiger partial charge in [0.15, 0.2) is 9.84 Å². The van der Waals surface area contributed by atoms with Gasteiger partial charge < -0.3 is 9.84 Å². The first kappa shape index (κ1) is 14.4. The number of rotatable bonds is 5. The number of methoxy groups -OCH3 is 1. The average molecular weight is 265 g/mol. The maximum absolute atomic E-state index is 11.5. The number of carboxylic acid groups (broad SMARTS) is 1. The molecule has 1 heterocycles. The van der Waals surface area contributed by atoms with E-state index in [1.165, 1.54) is 0 Å². The van der Waals surface area contributed by atoms with Gasteiger partial charge in [-0.1, -0.05) is 0 Å². The van der Waals surface area contributed by atoms with Crippen molar-refractivity contribution < 1.29 is 23.1 Å². The third-order valence-electron chi connectivity index (χ3n) is 2.96. The van der Waals surface area contributed by atoms with E-state index in [-0.39, 0.29) is 24.0 Å². The first-order valence-corrected chi connectivity index (χ1v) is 7.34. The molecule has 0 aromatic carbocycles. The lowest BCUT2D eigenvalue weighted by Crippen LogP contribution is -2.53. The van der Waals surface area contributed by atoms with Crippen molar-refractivity contribution in [2.24, 2.45) is 0 Å². The summed E-state index contributed by atoms with van der Waals surface area (Å²) in [5, 5.41) is 8.81. The van der Waals surface area contributed by atoms with Crippen LogP contribution in [0.25, 0.3) is 0 Å². The number of hydrogen-bond donors (Lipinski definition) is 1. The molecule has 7 heteroatoms. The van der Waals surface area contributed by atoms with E-state index in [1.807, 2.05) is 11.8 Å². The van der Waals surface area contributed by atoms with Crippen LogP contribution in [0.15, 0.2) is 0 Å². The molecule has 1 saturated heterocycles. The molecule has 2 unspecified atom stereocenters. The van der Waals surface area contributed by atoms with Crippen LogP contribution in [0.5, 0.6) is 0 Å². The molecule has 0 spiro atoms. The molecule has 1 N–H and O–H groups in total. The van der Waals surface area contributed by atoms with Crippen molar-refractivity contribution in [3.8, 4) is 0 Å². The van der Waals surface area contributed by atoms with E-state index in [2.05, 4.69) is 0 Å². The molecule has 1 rings (SSSR count). The topological polar surface area (TPSA) is 83.9 Å². The SMILES string of the molecule is COCC(C)N1CCS(=O)(=O)CC1CC(=O)O. The molecule has 1 fully saturated rings. The number of hydrogen-bond acceptors (Lipinski definition) is 5. The Morgan fingerprint density at radius 3 is 2.76 bits per heavy atom. The highest BCUT2D eigenvalue weighted by Gasteiger charge is 2.34. The molecule has 0 saturated carbocycles. The van der Waals surface area contributed by atoms with Crippen LogP contribution in [0.2, 0.25) is 0 Å². The van der Waals surface area contributed by atoms with Crippen molar-refractivity contribution in [1.82, 2.24) is 4.90 Å². The van der Waals surface area contributed by atoms with E-state index in [4.69, 9.17) is 9.84 Å². The number of carboxylic acids is 1. The lowest BCUT2D eigenvalue weighted by Gasteiger charge is -2.38. The average Bonchev–Trinajstić information content (AvgIpc) is 2.15. The second-order valence-corrected chi connectivity index (χ2v) is 6.64. The molecule has 0 amide bonds. The predicted molar refractivity (Wildman–Crippen MR) is 62.7 cm³/mol. The third-order valence-corrected chi connectivity index (χ3v) is 4.66. The molecule has 100 valence electrons. The summed E-state index contributed by atoms with van der Waals surface area (Å²) in [6.45, 7) is 2.76. The summed E-state index contributed by atoms with van der Waals surface area (Å²) in [4.78, 5) is 12.7. The molecule has 0 radical (unpaired) electrons. The Morgan fingerprint density at radius 1 is 1.59 bits per heavy atom. The van der Waals surface area contributed by atoms with Gasteiger partial charge in [0.05, 0.1) is 24.5 Å². The number of nitrogens with zero attached hydrogens (tertiary/aromatic N) is 1. The van der Waals surface area contributed by atoms with Crippen molar-refractivity contribution in [3.63, 3.8) is 0 Å². The summed E-state index contributed by atoms with van der Waals surface area (Å²) < 4.78 is 28.1. The van der Waals surface area contributed by atoms with Gasteiger partial charge in [-0.3, -0.25) is 9.69 Å². The fourth-order valence-corrected chi connectivity index (χ4v) is 3.75. The Hall–Kier alpha value is -0.660. The molecule has 0 bridgehead atoms. The fraction of sp³-hybridized carbons (Fsp3) is 0.900. The fourth-order valence-electron chi connectivity index (χ4n) is 2.19. The number of aliphatic carboxylic acids is 1. The summed E-state index contributed by atoms with van der Waals surface area (Å²) in [7, 11) is -1.53. The van der Waals surface area contributed by atoms with Crippen molar-refractivity contribution in [1.29, 1.82) is 0 Å². The molecule has 17 heavy (non-hydrogen) atoms. The number of carbonyl (C=O) groups is 1. The van der Waals surface area contributed by atoms with Crippen molar-refractivity contribution in [2.45, 2.75) is 25.4 Å². The van der Waals surface area contributed by atoms with E-state index in [0.717, 1.165) is 0 Å². The Kier molecular flexibility index (Phi) is 4.91. The van der Waals surface area contributed by atoms with Gasteiger partial charge >= 0.3 is 5.97 Å². The van der Waals surface area contributed by atoms with Crippen LogP contribution in [0.4, 0.5) is 0 Å². The van der Waals surface area contributed by atoms with Gasteiger partial charge in [-0.15, -0.1) is 0 Å². The van der Waals surface area contributed by atoms with Gasteiger partial charge in [-0.25, -0.2) is 8.42 Å². The van der Waals surface area contributed by atoms with E-state index >= 15 is 0 Å². The molecule has 0 aliphatic carbocycles. The second kappa shape index (κ2) is 5.79. The van der Waals surface area contributed by atoms with Gasteiger partial charge in [0, 0.05) is 25.7 Å². The zero-order valence-electron chi connectivity index (χ0n) is 10.1. The zero-order chi connectivity index (χ0) is 13.1. The second-order valence-electron chi connectivity index (χ2n) is 4.41. The van der Waals surface area contributed by atoms with Crippen LogP contribution in [-0.2, 0) is 19.4 Å². The Morgan fingerprint density at radius 2 is 2.24 bits per heavy atom.